The molecule has 0 saturated heterocycles. The molecule has 0 aliphatic heterocycles. The third-order valence-electron chi connectivity index (χ3n) is 2.82. The monoisotopic (exact) mass is 199 g/mol. The maximum Gasteiger partial charge on any atom is 0.138 e. The van der Waals surface area contributed by atoms with E-state index in [-0.39, 0.29) is 0 Å². The SMILES string of the molecule is Cn1ncnc1CC1CCCC1Cl. The molecule has 0 radical (unpaired) electrons. The Labute approximate surface area is 83.1 Å². The van der Waals surface area contributed by atoms with Gasteiger partial charge in [0.2, 0.25) is 0 Å². The van der Waals surface area contributed by atoms with E-state index in [4.69, 9.17) is 11.6 Å². The highest BCUT2D eigenvalue weighted by Crippen LogP contribution is 2.32. The fourth-order valence-corrected chi connectivity index (χ4v) is 2.33. The number of nitrogens with zero attached hydrogens (tertiary/aromatic N) is 3. The van der Waals surface area contributed by atoms with E-state index in [0.29, 0.717) is 11.3 Å². The number of aryl methyl sites for hydroxylation is 1. The lowest BCUT2D eigenvalue weighted by Gasteiger charge is -2.11. The fraction of sp³-hybridized carbons (Fsp3) is 0.778. The zero-order valence-corrected chi connectivity index (χ0v) is 8.54. The molecule has 1 aliphatic rings. The standard InChI is InChI=1S/C9H14ClN3/c1-13-9(11-6-12-13)5-7-3-2-4-8(7)10/h6-8H,2-5H2,1H3. The Morgan fingerprint density at radius 2 is 2.46 bits per heavy atom. The molecule has 1 heterocycles. The third-order valence-corrected chi connectivity index (χ3v) is 3.39. The van der Waals surface area contributed by atoms with E-state index in [1.807, 2.05) is 11.7 Å². The summed E-state index contributed by atoms with van der Waals surface area (Å²) in [6, 6.07) is 0. The molecule has 3 nitrogen and oxygen atoms in total. The van der Waals surface area contributed by atoms with Crippen molar-refractivity contribution in [1.29, 1.82) is 0 Å². The van der Waals surface area contributed by atoms with Gasteiger partial charge in [-0.05, 0) is 18.8 Å². The first kappa shape index (κ1) is 9.00. The summed E-state index contributed by atoms with van der Waals surface area (Å²) in [7, 11) is 1.93. The lowest BCUT2D eigenvalue weighted by Crippen LogP contribution is -2.13. The summed E-state index contributed by atoms with van der Waals surface area (Å²) in [5.41, 5.74) is 0. The number of alkyl halides is 1. The highest BCUT2D eigenvalue weighted by molar-refractivity contribution is 6.20. The second-order valence-electron chi connectivity index (χ2n) is 3.71. The molecule has 0 N–H and O–H groups in total. The van der Waals surface area contributed by atoms with Crippen molar-refractivity contribution in [3.8, 4) is 0 Å². The van der Waals surface area contributed by atoms with E-state index >= 15 is 0 Å². The van der Waals surface area contributed by atoms with Gasteiger partial charge in [0.1, 0.15) is 12.2 Å². The summed E-state index contributed by atoms with van der Waals surface area (Å²) in [6.07, 6.45) is 6.24. The maximum atomic E-state index is 6.19. The van der Waals surface area contributed by atoms with E-state index in [2.05, 4.69) is 10.1 Å². The van der Waals surface area contributed by atoms with Crippen molar-refractivity contribution in [3.05, 3.63) is 12.2 Å². The van der Waals surface area contributed by atoms with Crippen molar-refractivity contribution < 1.29 is 0 Å². The van der Waals surface area contributed by atoms with Crippen molar-refractivity contribution >= 4 is 11.6 Å². The van der Waals surface area contributed by atoms with E-state index in [9.17, 15) is 0 Å². The number of hydrogen-bond donors (Lipinski definition) is 0. The second kappa shape index (κ2) is 3.66. The maximum absolute atomic E-state index is 6.19. The molecular formula is C9H14ClN3. The van der Waals surface area contributed by atoms with Gasteiger partial charge >= 0.3 is 0 Å². The minimum Gasteiger partial charge on any atom is -0.253 e. The lowest BCUT2D eigenvalue weighted by molar-refractivity contribution is 0.518. The molecule has 2 rings (SSSR count). The molecule has 0 spiro atoms. The van der Waals surface area contributed by atoms with Crippen molar-refractivity contribution in [3.63, 3.8) is 0 Å². The Kier molecular flexibility index (Phi) is 2.54. The van der Waals surface area contributed by atoms with Crippen LogP contribution in [0.25, 0.3) is 0 Å². The van der Waals surface area contributed by atoms with Crippen LogP contribution in [0.1, 0.15) is 25.1 Å². The van der Waals surface area contributed by atoms with Crippen LogP contribution < -0.4 is 0 Å². The zero-order valence-electron chi connectivity index (χ0n) is 7.78. The number of halogens is 1. The summed E-state index contributed by atoms with van der Waals surface area (Å²) >= 11 is 6.19. The van der Waals surface area contributed by atoms with Crippen molar-refractivity contribution in [1.82, 2.24) is 14.8 Å². The number of hydrogen-bond acceptors (Lipinski definition) is 2. The molecule has 1 fully saturated rings. The van der Waals surface area contributed by atoms with Gasteiger partial charge in [0, 0.05) is 18.8 Å². The van der Waals surface area contributed by atoms with Gasteiger partial charge in [-0.3, -0.25) is 4.68 Å². The normalized spacial score (nSPS) is 28.2. The number of rotatable bonds is 2. The van der Waals surface area contributed by atoms with Gasteiger partial charge in [0.25, 0.3) is 0 Å². The van der Waals surface area contributed by atoms with Crippen LogP contribution in [0.5, 0.6) is 0 Å². The smallest absolute Gasteiger partial charge is 0.138 e. The quantitative estimate of drug-likeness (QED) is 0.680. The summed E-state index contributed by atoms with van der Waals surface area (Å²) in [5.74, 6) is 1.65. The summed E-state index contributed by atoms with van der Waals surface area (Å²) < 4.78 is 1.84. The van der Waals surface area contributed by atoms with E-state index < -0.39 is 0 Å². The van der Waals surface area contributed by atoms with Crippen LogP contribution in [-0.4, -0.2) is 20.1 Å². The Balaban J connectivity index is 2.01. The molecule has 0 aromatic carbocycles. The van der Waals surface area contributed by atoms with Gasteiger partial charge in [-0.2, -0.15) is 5.10 Å². The van der Waals surface area contributed by atoms with Gasteiger partial charge < -0.3 is 0 Å². The lowest BCUT2D eigenvalue weighted by atomic mass is 10.0. The van der Waals surface area contributed by atoms with Gasteiger partial charge in [-0.15, -0.1) is 11.6 Å². The molecule has 1 aliphatic carbocycles. The highest BCUT2D eigenvalue weighted by Gasteiger charge is 2.26. The molecule has 4 heteroatoms. The van der Waals surface area contributed by atoms with Crippen LogP contribution in [0, 0.1) is 5.92 Å². The first-order valence-corrected chi connectivity index (χ1v) is 5.18. The molecule has 1 aromatic heterocycles. The van der Waals surface area contributed by atoms with Gasteiger partial charge in [0.05, 0.1) is 0 Å². The molecule has 2 unspecified atom stereocenters. The van der Waals surface area contributed by atoms with E-state index in [1.165, 1.54) is 12.8 Å². The Hall–Kier alpha value is -0.570. The van der Waals surface area contributed by atoms with E-state index in [1.54, 1.807) is 6.33 Å². The topological polar surface area (TPSA) is 30.7 Å². The second-order valence-corrected chi connectivity index (χ2v) is 4.27. The Morgan fingerprint density at radius 1 is 1.62 bits per heavy atom. The van der Waals surface area contributed by atoms with Crippen LogP contribution in [0.4, 0.5) is 0 Å². The molecule has 0 amide bonds. The van der Waals surface area contributed by atoms with Crippen LogP contribution in [0.3, 0.4) is 0 Å². The van der Waals surface area contributed by atoms with Crippen LogP contribution >= 0.6 is 11.6 Å². The average Bonchev–Trinajstić information content (AvgIpc) is 2.65. The van der Waals surface area contributed by atoms with Crippen LogP contribution in [-0.2, 0) is 13.5 Å². The van der Waals surface area contributed by atoms with Crippen molar-refractivity contribution in [2.24, 2.45) is 13.0 Å². The van der Waals surface area contributed by atoms with Gasteiger partial charge in [0.15, 0.2) is 0 Å². The van der Waals surface area contributed by atoms with Crippen molar-refractivity contribution in [2.75, 3.05) is 0 Å². The van der Waals surface area contributed by atoms with Gasteiger partial charge in [-0.25, -0.2) is 4.98 Å². The first-order chi connectivity index (χ1) is 6.27. The largest absolute Gasteiger partial charge is 0.253 e. The predicted octanol–water partition coefficient (Wildman–Crippen LogP) is 1.77. The zero-order chi connectivity index (χ0) is 9.26. The Bertz CT molecular complexity index is 284. The average molecular weight is 200 g/mol. The van der Waals surface area contributed by atoms with Crippen LogP contribution in [0.2, 0.25) is 0 Å². The summed E-state index contributed by atoms with van der Waals surface area (Å²) in [4.78, 5) is 4.21. The molecule has 0 bridgehead atoms. The molecule has 13 heavy (non-hydrogen) atoms. The Morgan fingerprint density at radius 3 is 3.00 bits per heavy atom. The molecule has 2 atom stereocenters. The highest BCUT2D eigenvalue weighted by atomic mass is 35.5. The first-order valence-electron chi connectivity index (χ1n) is 4.74. The molecule has 1 saturated carbocycles. The van der Waals surface area contributed by atoms with Gasteiger partial charge in [-0.1, -0.05) is 6.42 Å². The number of aromatic nitrogens is 3. The summed E-state index contributed by atoms with van der Waals surface area (Å²) in [5, 5.41) is 4.39. The third kappa shape index (κ3) is 1.85. The minimum atomic E-state index is 0.344. The molecule has 1 aromatic rings. The fourth-order valence-electron chi connectivity index (χ4n) is 1.96. The van der Waals surface area contributed by atoms with E-state index in [0.717, 1.165) is 18.7 Å². The minimum absolute atomic E-state index is 0.344. The van der Waals surface area contributed by atoms with Crippen molar-refractivity contribution in [2.45, 2.75) is 31.1 Å². The summed E-state index contributed by atoms with van der Waals surface area (Å²) in [6.45, 7) is 0. The van der Waals surface area contributed by atoms with Crippen LogP contribution in [0.15, 0.2) is 6.33 Å². The molecule has 72 valence electrons. The predicted molar refractivity (Wildman–Crippen MR) is 51.7 cm³/mol. The molecular weight excluding hydrogens is 186 g/mol.